The van der Waals surface area contributed by atoms with Gasteiger partial charge >= 0.3 is 12.0 Å². The Balaban J connectivity index is 1.74. The minimum absolute atomic E-state index is 0.178. The van der Waals surface area contributed by atoms with Gasteiger partial charge in [-0.05, 0) is 43.9 Å². The fourth-order valence-electron chi connectivity index (χ4n) is 3.32. The van der Waals surface area contributed by atoms with Gasteiger partial charge in [0.1, 0.15) is 5.54 Å². The Morgan fingerprint density at radius 1 is 1.28 bits per heavy atom. The molecule has 1 aromatic rings. The number of hydrogen-bond donors (Lipinski definition) is 4. The predicted octanol–water partition coefficient (Wildman–Crippen LogP) is 0.724. The van der Waals surface area contributed by atoms with Crippen molar-refractivity contribution in [3.8, 4) is 0 Å². The van der Waals surface area contributed by atoms with Gasteiger partial charge in [0.2, 0.25) is 0 Å². The van der Waals surface area contributed by atoms with E-state index in [4.69, 9.17) is 5.11 Å². The number of carboxylic acids is 1. The van der Waals surface area contributed by atoms with E-state index in [2.05, 4.69) is 16.0 Å². The molecule has 4 amide bonds. The number of carboxylic acid groups (broad SMARTS) is 1. The van der Waals surface area contributed by atoms with Crippen LogP contribution in [0.4, 0.5) is 4.79 Å². The molecule has 3 atom stereocenters. The lowest BCUT2D eigenvalue weighted by atomic mass is 9.91. The van der Waals surface area contributed by atoms with Crippen LogP contribution in [-0.2, 0) is 15.1 Å². The largest absolute Gasteiger partial charge is 0.481 e. The van der Waals surface area contributed by atoms with Crippen molar-refractivity contribution in [2.45, 2.75) is 37.8 Å². The van der Waals surface area contributed by atoms with E-state index in [0.29, 0.717) is 30.4 Å². The second kappa shape index (κ2) is 6.19. The van der Waals surface area contributed by atoms with E-state index in [0.717, 1.165) is 0 Å². The van der Waals surface area contributed by atoms with Gasteiger partial charge in [-0.15, -0.1) is 0 Å². The highest BCUT2D eigenvalue weighted by Crippen LogP contribution is 2.27. The van der Waals surface area contributed by atoms with Crippen molar-refractivity contribution < 1.29 is 24.3 Å². The minimum Gasteiger partial charge on any atom is -0.481 e. The Kier molecular flexibility index (Phi) is 4.20. The summed E-state index contributed by atoms with van der Waals surface area (Å²) in [5, 5.41) is 16.6. The SMILES string of the molecule is CC1(c2cccc(C(=O)N[C@@H]3CC[C@H](C(=O)O)C3)c2)NC(=O)NC1=O. The highest BCUT2D eigenvalue weighted by molar-refractivity contribution is 6.07. The van der Waals surface area contributed by atoms with E-state index in [9.17, 15) is 19.2 Å². The van der Waals surface area contributed by atoms with Gasteiger partial charge in [-0.3, -0.25) is 19.7 Å². The molecule has 1 saturated heterocycles. The fourth-order valence-corrected chi connectivity index (χ4v) is 3.32. The third-order valence-corrected chi connectivity index (χ3v) is 4.86. The maximum atomic E-state index is 12.4. The molecule has 25 heavy (non-hydrogen) atoms. The Morgan fingerprint density at radius 2 is 2.04 bits per heavy atom. The standard InChI is InChI=1S/C17H19N3O5/c1-17(15(24)19-16(25)20-17)11-4-2-3-9(7-11)13(21)18-12-6-5-10(8-12)14(22)23/h2-4,7,10,12H,5-6,8H2,1H3,(H,18,21)(H,22,23)(H2,19,20,24,25)/t10-,12+,17?/m0/s1. The normalized spacial score (nSPS) is 28.4. The van der Waals surface area contributed by atoms with Gasteiger partial charge in [-0.2, -0.15) is 0 Å². The van der Waals surface area contributed by atoms with Crippen LogP contribution in [0.5, 0.6) is 0 Å². The molecule has 1 saturated carbocycles. The Morgan fingerprint density at radius 3 is 2.64 bits per heavy atom. The Hall–Kier alpha value is -2.90. The van der Waals surface area contributed by atoms with Crippen molar-refractivity contribution in [2.75, 3.05) is 0 Å². The molecule has 0 bridgehead atoms. The van der Waals surface area contributed by atoms with Crippen molar-refractivity contribution >= 4 is 23.8 Å². The molecule has 8 heteroatoms. The van der Waals surface area contributed by atoms with Crippen LogP contribution >= 0.6 is 0 Å². The molecule has 1 unspecified atom stereocenters. The molecule has 1 heterocycles. The first-order valence-corrected chi connectivity index (χ1v) is 8.07. The Labute approximate surface area is 144 Å². The molecular weight excluding hydrogens is 326 g/mol. The third kappa shape index (κ3) is 3.19. The molecule has 2 fully saturated rings. The van der Waals surface area contributed by atoms with Crippen LogP contribution in [0, 0.1) is 5.92 Å². The molecule has 4 N–H and O–H groups in total. The van der Waals surface area contributed by atoms with Gasteiger partial charge in [0.05, 0.1) is 5.92 Å². The summed E-state index contributed by atoms with van der Waals surface area (Å²) in [7, 11) is 0. The monoisotopic (exact) mass is 345 g/mol. The smallest absolute Gasteiger partial charge is 0.322 e. The summed E-state index contributed by atoms with van der Waals surface area (Å²) in [6.07, 6.45) is 1.58. The predicted molar refractivity (Wildman–Crippen MR) is 86.7 cm³/mol. The van der Waals surface area contributed by atoms with Crippen molar-refractivity contribution in [2.24, 2.45) is 5.92 Å². The van der Waals surface area contributed by atoms with Crippen molar-refractivity contribution in [3.63, 3.8) is 0 Å². The van der Waals surface area contributed by atoms with Crippen molar-refractivity contribution in [1.29, 1.82) is 0 Å². The summed E-state index contributed by atoms with van der Waals surface area (Å²) in [4.78, 5) is 46.9. The third-order valence-electron chi connectivity index (χ3n) is 4.86. The number of urea groups is 1. The zero-order chi connectivity index (χ0) is 18.2. The van der Waals surface area contributed by atoms with E-state index < -0.39 is 29.4 Å². The van der Waals surface area contributed by atoms with E-state index in [1.165, 1.54) is 0 Å². The first kappa shape index (κ1) is 16.9. The molecule has 2 aliphatic rings. The van der Waals surface area contributed by atoms with Gasteiger partial charge < -0.3 is 15.7 Å². The zero-order valence-electron chi connectivity index (χ0n) is 13.7. The van der Waals surface area contributed by atoms with Crippen LogP contribution < -0.4 is 16.0 Å². The molecule has 1 aliphatic carbocycles. The van der Waals surface area contributed by atoms with E-state index in [1.54, 1.807) is 31.2 Å². The highest BCUT2D eigenvalue weighted by atomic mass is 16.4. The lowest BCUT2D eigenvalue weighted by Crippen LogP contribution is -2.41. The van der Waals surface area contributed by atoms with Crippen molar-refractivity contribution in [1.82, 2.24) is 16.0 Å². The molecule has 1 aliphatic heterocycles. The average molecular weight is 345 g/mol. The van der Waals surface area contributed by atoms with Crippen LogP contribution in [0.25, 0.3) is 0 Å². The number of amides is 4. The molecule has 1 aromatic carbocycles. The number of imide groups is 1. The molecule has 0 aromatic heterocycles. The minimum atomic E-state index is -1.23. The second-order valence-electron chi connectivity index (χ2n) is 6.63. The first-order chi connectivity index (χ1) is 11.8. The molecule has 0 spiro atoms. The molecule has 3 rings (SSSR count). The number of rotatable bonds is 4. The quantitative estimate of drug-likeness (QED) is 0.599. The van der Waals surface area contributed by atoms with Gasteiger partial charge in [-0.1, -0.05) is 12.1 Å². The van der Waals surface area contributed by atoms with Crippen molar-refractivity contribution in [3.05, 3.63) is 35.4 Å². The molecular formula is C17H19N3O5. The lowest BCUT2D eigenvalue weighted by Gasteiger charge is -2.22. The number of hydrogen-bond acceptors (Lipinski definition) is 4. The lowest BCUT2D eigenvalue weighted by molar-refractivity contribution is -0.141. The number of carbonyl (C=O) groups is 4. The maximum absolute atomic E-state index is 12.4. The molecule has 132 valence electrons. The van der Waals surface area contributed by atoms with Gasteiger partial charge in [-0.25, -0.2) is 4.79 Å². The summed E-state index contributed by atoms with van der Waals surface area (Å²) in [5.41, 5.74) is -0.375. The summed E-state index contributed by atoms with van der Waals surface area (Å²) >= 11 is 0. The van der Waals surface area contributed by atoms with Crippen LogP contribution in [0.3, 0.4) is 0 Å². The van der Waals surface area contributed by atoms with E-state index in [1.807, 2.05) is 0 Å². The van der Waals surface area contributed by atoms with E-state index >= 15 is 0 Å². The summed E-state index contributed by atoms with van der Waals surface area (Å²) < 4.78 is 0. The first-order valence-electron chi connectivity index (χ1n) is 8.07. The van der Waals surface area contributed by atoms with Gasteiger partial charge in [0.15, 0.2) is 0 Å². The van der Waals surface area contributed by atoms with Crippen LogP contribution in [0.2, 0.25) is 0 Å². The molecule has 0 radical (unpaired) electrons. The maximum Gasteiger partial charge on any atom is 0.322 e. The Bertz CT molecular complexity index is 762. The average Bonchev–Trinajstić information content (AvgIpc) is 3.13. The fraction of sp³-hybridized carbons (Fsp3) is 0.412. The van der Waals surface area contributed by atoms with E-state index in [-0.39, 0.29) is 11.9 Å². The highest BCUT2D eigenvalue weighted by Gasteiger charge is 2.43. The van der Waals surface area contributed by atoms with Crippen LogP contribution in [0.1, 0.15) is 42.1 Å². The molecule has 8 nitrogen and oxygen atoms in total. The summed E-state index contributed by atoms with van der Waals surface area (Å²) in [6, 6.07) is 5.72. The summed E-state index contributed by atoms with van der Waals surface area (Å²) in [6.45, 7) is 1.57. The second-order valence-corrected chi connectivity index (χ2v) is 6.63. The number of carbonyl (C=O) groups excluding carboxylic acids is 3. The summed E-state index contributed by atoms with van der Waals surface area (Å²) in [5.74, 6) is -2.07. The van der Waals surface area contributed by atoms with Gasteiger partial charge in [0, 0.05) is 11.6 Å². The number of nitrogens with one attached hydrogen (secondary N) is 3. The zero-order valence-corrected chi connectivity index (χ0v) is 13.7. The number of aliphatic carboxylic acids is 1. The number of benzene rings is 1. The topological polar surface area (TPSA) is 125 Å². The van der Waals surface area contributed by atoms with Crippen LogP contribution in [-0.4, -0.2) is 35.0 Å². The van der Waals surface area contributed by atoms with Gasteiger partial charge in [0.25, 0.3) is 11.8 Å². The van der Waals surface area contributed by atoms with Crippen LogP contribution in [0.15, 0.2) is 24.3 Å².